The number of aryl methyl sites for hydroxylation is 1. The van der Waals surface area contributed by atoms with E-state index in [9.17, 15) is 0 Å². The van der Waals surface area contributed by atoms with Crippen LogP contribution in [0.4, 0.5) is 0 Å². The zero-order valence-electron chi connectivity index (χ0n) is 13.2. The third-order valence-electron chi connectivity index (χ3n) is 5.60. The minimum Gasteiger partial charge on any atom is -0.488 e. The summed E-state index contributed by atoms with van der Waals surface area (Å²) in [5.74, 6) is 1.99. The predicted octanol–water partition coefficient (Wildman–Crippen LogP) is 2.37. The van der Waals surface area contributed by atoms with Crippen molar-refractivity contribution in [2.75, 3.05) is 26.2 Å². The van der Waals surface area contributed by atoms with Crippen LogP contribution in [0, 0.1) is 12.8 Å². The van der Waals surface area contributed by atoms with Gasteiger partial charge < -0.3 is 10.1 Å². The lowest BCUT2D eigenvalue weighted by molar-refractivity contribution is 0.0249. The highest BCUT2D eigenvalue weighted by molar-refractivity contribution is 5.40. The number of hydrogen-bond acceptors (Lipinski definition) is 3. The van der Waals surface area contributed by atoms with Crippen molar-refractivity contribution in [3.8, 4) is 5.75 Å². The van der Waals surface area contributed by atoms with Gasteiger partial charge in [-0.05, 0) is 44.2 Å². The SMILES string of the molecule is Cc1ccc2c(c1)CC(CN1CCNCC1(C)C1CC1)O2. The fourth-order valence-electron chi connectivity index (χ4n) is 4.13. The topological polar surface area (TPSA) is 24.5 Å². The number of hydrogen-bond donors (Lipinski definition) is 1. The van der Waals surface area contributed by atoms with E-state index in [2.05, 4.69) is 42.3 Å². The Bertz CT molecular complexity index is 540. The Morgan fingerprint density at radius 3 is 3.05 bits per heavy atom. The van der Waals surface area contributed by atoms with Crippen molar-refractivity contribution in [2.45, 2.75) is 44.8 Å². The van der Waals surface area contributed by atoms with Gasteiger partial charge in [0.2, 0.25) is 0 Å². The van der Waals surface area contributed by atoms with Gasteiger partial charge >= 0.3 is 0 Å². The summed E-state index contributed by atoms with van der Waals surface area (Å²) >= 11 is 0. The Balaban J connectivity index is 1.46. The first-order valence-corrected chi connectivity index (χ1v) is 8.37. The van der Waals surface area contributed by atoms with Gasteiger partial charge in [-0.2, -0.15) is 0 Å². The smallest absolute Gasteiger partial charge is 0.123 e. The van der Waals surface area contributed by atoms with Gasteiger partial charge in [-0.3, -0.25) is 4.90 Å². The quantitative estimate of drug-likeness (QED) is 0.923. The maximum Gasteiger partial charge on any atom is 0.123 e. The monoisotopic (exact) mass is 286 g/mol. The van der Waals surface area contributed by atoms with Crippen molar-refractivity contribution >= 4 is 0 Å². The molecule has 1 aromatic rings. The highest BCUT2D eigenvalue weighted by Crippen LogP contribution is 2.44. The molecule has 0 bridgehead atoms. The van der Waals surface area contributed by atoms with Crippen LogP contribution >= 0.6 is 0 Å². The summed E-state index contributed by atoms with van der Waals surface area (Å²) in [4.78, 5) is 2.70. The second-order valence-electron chi connectivity index (χ2n) is 7.31. The van der Waals surface area contributed by atoms with Crippen molar-refractivity contribution in [1.82, 2.24) is 10.2 Å². The lowest BCUT2D eigenvalue weighted by atomic mass is 9.90. The number of nitrogens with zero attached hydrogens (tertiary/aromatic N) is 1. The van der Waals surface area contributed by atoms with Crippen LogP contribution in [0.25, 0.3) is 0 Å². The Morgan fingerprint density at radius 2 is 2.24 bits per heavy atom. The molecule has 3 nitrogen and oxygen atoms in total. The molecule has 1 saturated carbocycles. The van der Waals surface area contributed by atoms with Crippen LogP contribution in [0.15, 0.2) is 18.2 Å². The molecule has 1 aliphatic carbocycles. The van der Waals surface area contributed by atoms with Crippen molar-refractivity contribution in [2.24, 2.45) is 5.92 Å². The highest BCUT2D eigenvalue weighted by Gasteiger charge is 2.47. The third kappa shape index (κ3) is 2.47. The second-order valence-corrected chi connectivity index (χ2v) is 7.31. The van der Waals surface area contributed by atoms with Crippen molar-refractivity contribution in [1.29, 1.82) is 0 Å². The number of ether oxygens (including phenoxy) is 1. The van der Waals surface area contributed by atoms with Gasteiger partial charge in [0.15, 0.2) is 0 Å². The van der Waals surface area contributed by atoms with Crippen LogP contribution in [-0.2, 0) is 6.42 Å². The van der Waals surface area contributed by atoms with E-state index in [0.717, 1.165) is 44.3 Å². The molecule has 0 radical (unpaired) electrons. The van der Waals surface area contributed by atoms with E-state index >= 15 is 0 Å². The molecule has 2 heterocycles. The van der Waals surface area contributed by atoms with Crippen LogP contribution in [0.5, 0.6) is 5.75 Å². The van der Waals surface area contributed by atoms with E-state index in [1.807, 2.05) is 0 Å². The van der Waals surface area contributed by atoms with Crippen LogP contribution in [0.1, 0.15) is 30.9 Å². The van der Waals surface area contributed by atoms with E-state index in [-0.39, 0.29) is 0 Å². The lowest BCUT2D eigenvalue weighted by Crippen LogP contribution is -2.62. The summed E-state index contributed by atoms with van der Waals surface area (Å²) < 4.78 is 6.20. The average Bonchev–Trinajstić information content (AvgIpc) is 3.24. The molecule has 0 aromatic heterocycles. The Labute approximate surface area is 127 Å². The summed E-state index contributed by atoms with van der Waals surface area (Å²) in [7, 11) is 0. The Morgan fingerprint density at radius 1 is 1.38 bits per heavy atom. The normalized spacial score (nSPS) is 32.8. The molecule has 1 saturated heterocycles. The van der Waals surface area contributed by atoms with Crippen molar-refractivity contribution in [3.63, 3.8) is 0 Å². The molecular formula is C18H26N2O. The standard InChI is InChI=1S/C18H26N2O/c1-13-3-6-17-14(9-13)10-16(21-17)11-20-8-7-19-12-18(20,2)15-4-5-15/h3,6,9,15-16,19H,4-5,7-8,10-12H2,1-2H3. The maximum absolute atomic E-state index is 6.20. The Hall–Kier alpha value is -1.06. The molecule has 114 valence electrons. The number of fused-ring (bicyclic) bond motifs is 1. The first kappa shape index (κ1) is 13.6. The molecule has 0 amide bonds. The largest absolute Gasteiger partial charge is 0.488 e. The number of piperazine rings is 1. The maximum atomic E-state index is 6.20. The van der Waals surface area contributed by atoms with E-state index in [0.29, 0.717) is 11.6 Å². The predicted molar refractivity (Wildman–Crippen MR) is 84.9 cm³/mol. The van der Waals surface area contributed by atoms with Crippen LogP contribution < -0.4 is 10.1 Å². The van der Waals surface area contributed by atoms with Gasteiger partial charge in [-0.1, -0.05) is 17.7 Å². The van der Waals surface area contributed by atoms with E-state index < -0.39 is 0 Å². The molecule has 21 heavy (non-hydrogen) atoms. The minimum atomic E-state index is 0.331. The second kappa shape index (κ2) is 4.99. The summed E-state index contributed by atoms with van der Waals surface area (Å²) in [5, 5.41) is 3.59. The molecule has 1 N–H and O–H groups in total. The Kier molecular flexibility index (Phi) is 3.23. The third-order valence-corrected chi connectivity index (χ3v) is 5.60. The molecular weight excluding hydrogens is 260 g/mol. The van der Waals surface area contributed by atoms with Crippen LogP contribution in [-0.4, -0.2) is 42.7 Å². The minimum absolute atomic E-state index is 0.331. The first-order chi connectivity index (χ1) is 10.1. The summed E-state index contributed by atoms with van der Waals surface area (Å²) in [5.41, 5.74) is 3.07. The van der Waals surface area contributed by atoms with Gasteiger partial charge in [-0.25, -0.2) is 0 Å². The molecule has 4 rings (SSSR count). The summed E-state index contributed by atoms with van der Waals surface area (Å²) in [6.07, 6.45) is 4.21. The molecule has 2 unspecified atom stereocenters. The fourth-order valence-corrected chi connectivity index (χ4v) is 4.13. The molecule has 3 heteroatoms. The lowest BCUT2D eigenvalue weighted by Gasteiger charge is -2.46. The van der Waals surface area contributed by atoms with Crippen LogP contribution in [0.3, 0.4) is 0 Å². The number of nitrogens with one attached hydrogen (secondary N) is 1. The molecule has 2 fully saturated rings. The zero-order chi connectivity index (χ0) is 14.4. The van der Waals surface area contributed by atoms with E-state index in [1.54, 1.807) is 0 Å². The van der Waals surface area contributed by atoms with E-state index in [1.165, 1.54) is 24.0 Å². The number of rotatable bonds is 3. The zero-order valence-corrected chi connectivity index (χ0v) is 13.2. The van der Waals surface area contributed by atoms with Gasteiger partial charge in [0.25, 0.3) is 0 Å². The summed E-state index contributed by atoms with van der Waals surface area (Å²) in [6.45, 7) is 9.08. The molecule has 1 aromatic carbocycles. The van der Waals surface area contributed by atoms with Gasteiger partial charge in [0.1, 0.15) is 11.9 Å². The molecule has 2 atom stereocenters. The van der Waals surface area contributed by atoms with Crippen LogP contribution in [0.2, 0.25) is 0 Å². The van der Waals surface area contributed by atoms with Gasteiger partial charge in [0, 0.05) is 38.1 Å². The fraction of sp³-hybridized carbons (Fsp3) is 0.667. The van der Waals surface area contributed by atoms with Gasteiger partial charge in [0.05, 0.1) is 0 Å². The van der Waals surface area contributed by atoms with E-state index in [4.69, 9.17) is 4.74 Å². The first-order valence-electron chi connectivity index (χ1n) is 8.37. The highest BCUT2D eigenvalue weighted by atomic mass is 16.5. The van der Waals surface area contributed by atoms with Crippen molar-refractivity contribution < 1.29 is 4.74 Å². The molecule has 0 spiro atoms. The molecule has 2 aliphatic heterocycles. The molecule has 3 aliphatic rings. The van der Waals surface area contributed by atoms with Gasteiger partial charge in [-0.15, -0.1) is 0 Å². The van der Waals surface area contributed by atoms with Crippen molar-refractivity contribution in [3.05, 3.63) is 29.3 Å². The average molecular weight is 286 g/mol. The summed E-state index contributed by atoms with van der Waals surface area (Å²) in [6, 6.07) is 6.58. The number of benzene rings is 1.